The van der Waals surface area contributed by atoms with Crippen LogP contribution in [0, 0.1) is 6.92 Å². The Morgan fingerprint density at radius 2 is 2.13 bits per heavy atom. The zero-order chi connectivity index (χ0) is 11.1. The summed E-state index contributed by atoms with van der Waals surface area (Å²) in [5.74, 6) is -0.107. The minimum absolute atomic E-state index is 0.107. The number of hydrogen-bond acceptors (Lipinski definition) is 2. The van der Waals surface area contributed by atoms with Gasteiger partial charge >= 0.3 is 5.97 Å². The highest BCUT2D eigenvalue weighted by Crippen LogP contribution is 2.49. The van der Waals surface area contributed by atoms with Gasteiger partial charge in [0.15, 0.2) is 0 Å². The van der Waals surface area contributed by atoms with Crippen molar-refractivity contribution < 1.29 is 9.53 Å². The maximum Gasteiger partial charge on any atom is 0.316 e. The van der Waals surface area contributed by atoms with Gasteiger partial charge in [0.1, 0.15) is 0 Å². The summed E-state index contributed by atoms with van der Waals surface area (Å²) in [5.41, 5.74) is 1.89. The second kappa shape index (κ2) is 3.63. The Balaban J connectivity index is 2.38. The molecule has 0 aromatic heterocycles. The highest BCUT2D eigenvalue weighted by molar-refractivity contribution is 9.10. The SMILES string of the molecule is COC(=O)C1(c2ccc(Br)c(C)c2)CC1. The Morgan fingerprint density at radius 1 is 1.47 bits per heavy atom. The van der Waals surface area contributed by atoms with Gasteiger partial charge < -0.3 is 4.74 Å². The van der Waals surface area contributed by atoms with Crippen molar-refractivity contribution in [1.82, 2.24) is 0 Å². The number of halogens is 1. The molecule has 80 valence electrons. The number of benzene rings is 1. The lowest BCUT2D eigenvalue weighted by atomic mass is 9.95. The van der Waals surface area contributed by atoms with Crippen molar-refractivity contribution >= 4 is 21.9 Å². The highest BCUT2D eigenvalue weighted by Gasteiger charge is 2.52. The minimum atomic E-state index is -0.347. The van der Waals surface area contributed by atoms with Crippen molar-refractivity contribution in [3.63, 3.8) is 0 Å². The third-order valence-electron chi connectivity index (χ3n) is 3.04. The monoisotopic (exact) mass is 268 g/mol. The topological polar surface area (TPSA) is 26.3 Å². The molecule has 0 atom stereocenters. The van der Waals surface area contributed by atoms with E-state index in [-0.39, 0.29) is 11.4 Å². The number of ether oxygens (including phenoxy) is 1. The van der Waals surface area contributed by atoms with Crippen LogP contribution >= 0.6 is 15.9 Å². The van der Waals surface area contributed by atoms with Crippen LogP contribution in [0.15, 0.2) is 22.7 Å². The Labute approximate surface area is 97.8 Å². The summed E-state index contributed by atoms with van der Waals surface area (Å²) in [6.45, 7) is 2.03. The molecule has 1 fully saturated rings. The number of esters is 1. The fourth-order valence-electron chi connectivity index (χ4n) is 1.87. The lowest BCUT2D eigenvalue weighted by molar-refractivity contribution is -0.143. The smallest absolute Gasteiger partial charge is 0.316 e. The Kier molecular flexibility index (Phi) is 2.59. The van der Waals surface area contributed by atoms with Gasteiger partial charge in [0.05, 0.1) is 12.5 Å². The van der Waals surface area contributed by atoms with Crippen LogP contribution in [-0.2, 0) is 14.9 Å². The molecule has 1 aromatic rings. The van der Waals surface area contributed by atoms with Crippen LogP contribution in [0.25, 0.3) is 0 Å². The molecule has 1 saturated carbocycles. The molecule has 3 heteroatoms. The van der Waals surface area contributed by atoms with Crippen molar-refractivity contribution in [2.75, 3.05) is 7.11 Å². The van der Waals surface area contributed by atoms with E-state index in [1.807, 2.05) is 19.1 Å². The molecule has 0 heterocycles. The second-order valence-electron chi connectivity index (χ2n) is 4.04. The average molecular weight is 269 g/mol. The van der Waals surface area contributed by atoms with E-state index in [1.165, 1.54) is 7.11 Å². The van der Waals surface area contributed by atoms with Crippen LogP contribution in [0.4, 0.5) is 0 Å². The molecule has 0 amide bonds. The van der Waals surface area contributed by atoms with Gasteiger partial charge in [0.2, 0.25) is 0 Å². The average Bonchev–Trinajstić information content (AvgIpc) is 3.02. The number of carbonyl (C=O) groups is 1. The molecule has 0 N–H and O–H groups in total. The van der Waals surface area contributed by atoms with Crippen LogP contribution in [0.1, 0.15) is 24.0 Å². The summed E-state index contributed by atoms with van der Waals surface area (Å²) in [5, 5.41) is 0. The van der Waals surface area contributed by atoms with E-state index in [9.17, 15) is 4.79 Å². The first-order valence-corrected chi connectivity index (χ1v) is 5.74. The summed E-state index contributed by atoms with van der Waals surface area (Å²) < 4.78 is 5.93. The van der Waals surface area contributed by atoms with Gasteiger partial charge in [0.25, 0.3) is 0 Å². The van der Waals surface area contributed by atoms with E-state index in [4.69, 9.17) is 4.74 Å². The summed E-state index contributed by atoms with van der Waals surface area (Å²) >= 11 is 3.45. The van der Waals surface area contributed by atoms with Crippen molar-refractivity contribution in [2.45, 2.75) is 25.2 Å². The maximum absolute atomic E-state index is 11.7. The van der Waals surface area contributed by atoms with Crippen molar-refractivity contribution in [3.8, 4) is 0 Å². The zero-order valence-corrected chi connectivity index (χ0v) is 10.4. The van der Waals surface area contributed by atoms with E-state index < -0.39 is 0 Å². The molecule has 0 spiro atoms. The highest BCUT2D eigenvalue weighted by atomic mass is 79.9. The minimum Gasteiger partial charge on any atom is -0.468 e. The standard InChI is InChI=1S/C12H13BrO2/c1-8-7-9(3-4-10(8)13)12(5-6-12)11(14)15-2/h3-4,7H,5-6H2,1-2H3. The number of methoxy groups -OCH3 is 1. The Bertz CT molecular complexity index is 408. The molecule has 0 aliphatic heterocycles. The van der Waals surface area contributed by atoms with Gasteiger partial charge in [0, 0.05) is 4.47 Å². The number of carbonyl (C=O) groups excluding carboxylic acids is 1. The molecular weight excluding hydrogens is 256 g/mol. The number of aryl methyl sites for hydroxylation is 1. The number of rotatable bonds is 2. The maximum atomic E-state index is 11.7. The molecule has 2 nitrogen and oxygen atoms in total. The van der Waals surface area contributed by atoms with Gasteiger partial charge in [-0.05, 0) is 37.0 Å². The fourth-order valence-corrected chi connectivity index (χ4v) is 2.12. The molecule has 15 heavy (non-hydrogen) atoms. The second-order valence-corrected chi connectivity index (χ2v) is 4.89. The molecule has 1 aromatic carbocycles. The van der Waals surface area contributed by atoms with Crippen LogP contribution in [0.3, 0.4) is 0 Å². The van der Waals surface area contributed by atoms with Gasteiger partial charge in [-0.25, -0.2) is 0 Å². The lowest BCUT2D eigenvalue weighted by Crippen LogP contribution is -2.21. The predicted molar refractivity (Wildman–Crippen MR) is 61.8 cm³/mol. The first kappa shape index (κ1) is 10.7. The van der Waals surface area contributed by atoms with Crippen LogP contribution in [-0.4, -0.2) is 13.1 Å². The molecule has 1 aliphatic carbocycles. The molecule has 0 unspecified atom stereocenters. The molecule has 1 aliphatic rings. The van der Waals surface area contributed by atoms with Gasteiger partial charge in [-0.3, -0.25) is 4.79 Å². The Hall–Kier alpha value is -0.830. The fraction of sp³-hybridized carbons (Fsp3) is 0.417. The van der Waals surface area contributed by atoms with Crippen molar-refractivity contribution in [3.05, 3.63) is 33.8 Å². The largest absolute Gasteiger partial charge is 0.468 e. The van der Waals surface area contributed by atoms with E-state index in [0.29, 0.717) is 0 Å². The molecule has 2 rings (SSSR count). The lowest BCUT2D eigenvalue weighted by Gasteiger charge is -2.13. The van der Waals surface area contributed by atoms with Crippen molar-refractivity contribution in [1.29, 1.82) is 0 Å². The van der Waals surface area contributed by atoms with Crippen LogP contribution in [0.2, 0.25) is 0 Å². The van der Waals surface area contributed by atoms with Gasteiger partial charge in [-0.2, -0.15) is 0 Å². The third-order valence-corrected chi connectivity index (χ3v) is 3.93. The summed E-state index contributed by atoms with van der Waals surface area (Å²) in [7, 11) is 1.45. The third kappa shape index (κ3) is 1.69. The number of hydrogen-bond donors (Lipinski definition) is 0. The summed E-state index contributed by atoms with van der Waals surface area (Å²) in [6.07, 6.45) is 1.81. The first-order chi connectivity index (χ1) is 7.10. The molecule has 0 radical (unpaired) electrons. The Morgan fingerprint density at radius 3 is 2.60 bits per heavy atom. The molecule has 0 bridgehead atoms. The first-order valence-electron chi connectivity index (χ1n) is 4.95. The zero-order valence-electron chi connectivity index (χ0n) is 8.84. The molecular formula is C12H13BrO2. The summed E-state index contributed by atoms with van der Waals surface area (Å²) in [6, 6.07) is 6.06. The van der Waals surface area contributed by atoms with Crippen molar-refractivity contribution in [2.24, 2.45) is 0 Å². The quantitative estimate of drug-likeness (QED) is 0.771. The van der Waals surface area contributed by atoms with Crippen LogP contribution in [0.5, 0.6) is 0 Å². The van der Waals surface area contributed by atoms with E-state index >= 15 is 0 Å². The normalized spacial score (nSPS) is 17.3. The molecule has 0 saturated heterocycles. The van der Waals surface area contributed by atoms with E-state index in [1.54, 1.807) is 0 Å². The predicted octanol–water partition coefficient (Wildman–Crippen LogP) is 2.96. The van der Waals surface area contributed by atoms with Crippen LogP contribution < -0.4 is 0 Å². The van der Waals surface area contributed by atoms with E-state index in [0.717, 1.165) is 28.4 Å². The summed E-state index contributed by atoms with van der Waals surface area (Å²) in [4.78, 5) is 11.7. The van der Waals surface area contributed by atoms with Gasteiger partial charge in [-0.15, -0.1) is 0 Å². The van der Waals surface area contributed by atoms with E-state index in [2.05, 4.69) is 22.0 Å². The van der Waals surface area contributed by atoms with Gasteiger partial charge in [-0.1, -0.05) is 28.1 Å².